The number of hydrogen-bond acceptors (Lipinski definition) is 6. The Balaban J connectivity index is 0.000000657. The van der Waals surface area contributed by atoms with Crippen LogP contribution in [0, 0.1) is 0 Å². The Morgan fingerprint density at radius 2 is 1.02 bits per heavy atom. The molecule has 0 saturated heterocycles. The molecule has 0 fully saturated rings. The number of carbonyl (C=O) groups is 2. The summed E-state index contributed by atoms with van der Waals surface area (Å²) in [5.74, 6) is -1.57. The monoisotopic (exact) mass is 730 g/mol. The molecule has 14 nitrogen and oxygen atoms in total. The summed E-state index contributed by atoms with van der Waals surface area (Å²) in [6, 6.07) is 14.1. The summed E-state index contributed by atoms with van der Waals surface area (Å²) in [4.78, 5) is 36.6. The fourth-order valence-electron chi connectivity index (χ4n) is 4.12. The molecule has 0 radical (unpaired) electrons. The van der Waals surface area contributed by atoms with Crippen molar-refractivity contribution in [2.75, 3.05) is 23.7 Å². The van der Waals surface area contributed by atoms with Gasteiger partial charge in [0.05, 0.1) is 5.97 Å². The number of benzene rings is 2. The number of carboxylic acids is 2. The van der Waals surface area contributed by atoms with Gasteiger partial charge < -0.3 is 53.4 Å². The molecule has 16 heteroatoms. The molecule has 0 saturated carbocycles. The molecule has 50 heavy (non-hydrogen) atoms. The van der Waals surface area contributed by atoms with Crippen LogP contribution < -0.4 is 43.8 Å². The fourth-order valence-corrected chi connectivity index (χ4v) is 4.37. The van der Waals surface area contributed by atoms with E-state index in [9.17, 15) is 19.8 Å². The zero-order valence-corrected chi connectivity index (χ0v) is 29.7. The van der Waals surface area contributed by atoms with Crippen molar-refractivity contribution in [1.82, 2.24) is 0 Å². The van der Waals surface area contributed by atoms with Crippen LogP contribution in [0.1, 0.15) is 77.0 Å². The van der Waals surface area contributed by atoms with E-state index in [1.807, 2.05) is 0 Å². The van der Waals surface area contributed by atoms with E-state index >= 15 is 0 Å². The Morgan fingerprint density at radius 3 is 1.44 bits per heavy atom. The molecule has 2 rings (SSSR count). The molecule has 0 aliphatic carbocycles. The summed E-state index contributed by atoms with van der Waals surface area (Å²) >= 11 is 11.7. The predicted octanol–water partition coefficient (Wildman–Crippen LogP) is 3.50. The Hall–Kier alpha value is -4.82. The van der Waals surface area contributed by atoms with E-state index in [-0.39, 0.29) is 30.3 Å². The van der Waals surface area contributed by atoms with Crippen molar-refractivity contribution < 1.29 is 19.8 Å². The van der Waals surface area contributed by atoms with Gasteiger partial charge in [-0.05, 0) is 93.1 Å². The molecule has 0 aromatic heterocycles. The van der Waals surface area contributed by atoms with Gasteiger partial charge in [-0.3, -0.25) is 9.98 Å². The number of nitrogens with two attached hydrogens (primary N) is 4. The van der Waals surface area contributed by atoms with Crippen molar-refractivity contribution in [2.45, 2.75) is 77.0 Å². The number of nitrogens with zero attached hydrogens (tertiary/aromatic N) is 4. The van der Waals surface area contributed by atoms with Crippen LogP contribution in [0.25, 0.3) is 0 Å². The third kappa shape index (κ3) is 25.2. The van der Waals surface area contributed by atoms with Gasteiger partial charge in [-0.15, -0.1) is 0 Å². The molecule has 2 aromatic rings. The number of hydrogen-bond donors (Lipinski definition) is 6. The lowest BCUT2D eigenvalue weighted by Gasteiger charge is -2.05. The highest BCUT2D eigenvalue weighted by molar-refractivity contribution is 6.31. The van der Waals surface area contributed by atoms with E-state index in [0.29, 0.717) is 29.6 Å². The molecule has 0 aliphatic rings. The highest BCUT2D eigenvalue weighted by atomic mass is 35.5. The van der Waals surface area contributed by atoms with E-state index in [4.69, 9.17) is 46.1 Å². The Kier molecular flexibility index (Phi) is 23.4. The minimum Gasteiger partial charge on any atom is -0.550 e. The van der Waals surface area contributed by atoms with Gasteiger partial charge >= 0.3 is 0 Å². The molecule has 0 amide bonds. The third-order valence-electron chi connectivity index (χ3n) is 6.57. The van der Waals surface area contributed by atoms with Crippen molar-refractivity contribution in [2.24, 2.45) is 42.9 Å². The first-order valence-corrected chi connectivity index (χ1v) is 17.1. The highest BCUT2D eigenvalue weighted by Gasteiger charge is 1.99. The zero-order valence-electron chi connectivity index (χ0n) is 28.2. The number of nitrogens with one attached hydrogen (secondary N) is 2. The van der Waals surface area contributed by atoms with E-state index in [1.165, 1.54) is 0 Å². The predicted molar refractivity (Wildman–Crippen MR) is 201 cm³/mol. The second kappa shape index (κ2) is 27.1. The largest absolute Gasteiger partial charge is 0.550 e. The van der Waals surface area contributed by atoms with E-state index in [1.54, 1.807) is 54.6 Å². The van der Waals surface area contributed by atoms with Gasteiger partial charge in [0, 0.05) is 40.5 Å². The lowest BCUT2D eigenvalue weighted by molar-refractivity contribution is -0.306. The first-order chi connectivity index (χ1) is 23.9. The molecule has 0 unspecified atom stereocenters. The Labute approximate surface area is 303 Å². The van der Waals surface area contributed by atoms with Crippen LogP contribution in [0.15, 0.2) is 80.7 Å². The van der Waals surface area contributed by atoms with Crippen molar-refractivity contribution >= 4 is 70.4 Å². The molecule has 0 atom stereocenters. The Bertz CT molecular complexity index is 1350. The van der Waals surface area contributed by atoms with Crippen LogP contribution in [-0.4, -0.2) is 48.9 Å². The number of aliphatic carboxylic acids is 2. The van der Waals surface area contributed by atoms with Crippen LogP contribution in [0.3, 0.4) is 0 Å². The van der Waals surface area contributed by atoms with Crippen molar-refractivity contribution in [1.29, 1.82) is 0 Å². The number of unbranched alkanes of at least 4 members (excludes halogenated alkanes) is 9. The molecule has 0 bridgehead atoms. The summed E-state index contributed by atoms with van der Waals surface area (Å²) in [6.07, 6.45) is 12.9. The summed E-state index contributed by atoms with van der Waals surface area (Å²) in [6.45, 7) is 1.12. The van der Waals surface area contributed by atoms with Crippen molar-refractivity contribution in [3.05, 3.63) is 70.7 Å². The van der Waals surface area contributed by atoms with E-state index in [2.05, 4.69) is 30.6 Å². The van der Waals surface area contributed by atoms with Gasteiger partial charge in [-0.25, -0.2) is 0 Å². The zero-order chi connectivity index (χ0) is 37.0. The molecular weight excluding hydrogens is 683 g/mol. The maximum atomic E-state index is 10.1. The van der Waals surface area contributed by atoms with Gasteiger partial charge in [-0.2, -0.15) is 9.98 Å². The van der Waals surface area contributed by atoms with Crippen LogP contribution in [0.5, 0.6) is 0 Å². The first-order valence-electron chi connectivity index (χ1n) is 16.3. The van der Waals surface area contributed by atoms with Crippen LogP contribution in [0.4, 0.5) is 11.4 Å². The topological polar surface area (TPSA) is 258 Å². The van der Waals surface area contributed by atoms with Crippen molar-refractivity contribution in [3.8, 4) is 0 Å². The third-order valence-corrected chi connectivity index (χ3v) is 7.08. The summed E-state index contributed by atoms with van der Waals surface area (Å²) in [7, 11) is 0. The maximum absolute atomic E-state index is 10.1. The molecule has 274 valence electrons. The lowest BCUT2D eigenvalue weighted by atomic mass is 10.1. The first kappa shape index (κ1) is 43.2. The summed E-state index contributed by atoms with van der Waals surface area (Å²) in [5.41, 5.74) is 24.8. The molecule has 0 heterocycles. The number of guanidine groups is 4. The smallest absolute Gasteiger partial charge is 0.218 e. The molecule has 10 N–H and O–H groups in total. The number of aliphatic imine (C=N–C) groups is 4. The van der Waals surface area contributed by atoms with Gasteiger partial charge in [-0.1, -0.05) is 67.8 Å². The summed E-state index contributed by atoms with van der Waals surface area (Å²) < 4.78 is 0. The molecule has 0 spiro atoms. The number of allylic oxidation sites excluding steroid dienone is 1. The number of anilines is 2. The van der Waals surface area contributed by atoms with Crippen LogP contribution in [0.2, 0.25) is 10.0 Å². The minimum absolute atomic E-state index is 0.124. The van der Waals surface area contributed by atoms with E-state index in [0.717, 1.165) is 81.7 Å². The fraction of sp³-hybridized carbons (Fsp3) is 0.412. The number of carboxylic acid groups (broad SMARTS) is 2. The van der Waals surface area contributed by atoms with Gasteiger partial charge in [0.2, 0.25) is 23.8 Å². The van der Waals surface area contributed by atoms with Crippen LogP contribution >= 0.6 is 23.2 Å². The average molecular weight is 732 g/mol. The maximum Gasteiger partial charge on any atom is 0.218 e. The minimum atomic E-state index is -1.15. The highest BCUT2D eigenvalue weighted by Crippen LogP contribution is 2.14. The Morgan fingerprint density at radius 1 is 0.620 bits per heavy atom. The SMILES string of the molecule is NC(=NCCCCCCN=C(N)N=C(N)Nc1ccc(Cl)cc1)N=C(N)Nc1ccc(Cl)cc1.O=C([O-])/C=C/CCCCCCCCC(=O)[O-]. The number of rotatable bonds is 19. The van der Waals surface area contributed by atoms with Crippen LogP contribution in [-0.2, 0) is 9.59 Å². The molecule has 2 aromatic carbocycles. The number of halogens is 2. The second-order valence-corrected chi connectivity index (χ2v) is 11.8. The van der Waals surface area contributed by atoms with Gasteiger partial charge in [0.15, 0.2) is 0 Å². The lowest BCUT2D eigenvalue weighted by Crippen LogP contribution is -2.26. The number of carbonyl (C=O) groups excluding carboxylic acids is 2. The van der Waals surface area contributed by atoms with Gasteiger partial charge in [0.25, 0.3) is 0 Å². The van der Waals surface area contributed by atoms with Crippen molar-refractivity contribution in [3.63, 3.8) is 0 Å². The summed E-state index contributed by atoms with van der Waals surface area (Å²) in [5, 5.41) is 27.2. The molecular formula is C34H48Cl2N10O4-2. The van der Waals surface area contributed by atoms with E-state index < -0.39 is 11.9 Å². The normalized spacial score (nSPS) is 12.4. The van der Waals surface area contributed by atoms with Gasteiger partial charge in [0.1, 0.15) is 0 Å². The quantitative estimate of drug-likeness (QED) is 0.0530. The standard InChI is InChI=1S/C22H30Cl2N10.C12H20O4/c23-15-5-9-17(10-6-15)31-21(27)33-19(25)29-13-3-1-2-4-14-30-20(26)34-22(28)32-18-11-7-16(24)8-12-18;13-11(14)9-7-5-3-1-2-4-6-8-10-12(15)16/h5-12H,1-4,13-14H2,(H5,25,27,29,31,33)(H5,26,28,30,32,34);7,9H,1-6,8,10H2,(H,13,14)(H,15,16)/p-2/b;9-7+. The second-order valence-electron chi connectivity index (χ2n) is 10.9. The molecule has 0 aliphatic heterocycles. The average Bonchev–Trinajstić information content (AvgIpc) is 3.05.